The van der Waals surface area contributed by atoms with Crippen molar-refractivity contribution in [1.82, 2.24) is 0 Å². The topological polar surface area (TPSA) is 95.5 Å². The molecular formula is C15H18N2O4. The number of anilines is 2. The van der Waals surface area contributed by atoms with Crippen LogP contribution >= 0.6 is 0 Å². The maximum atomic E-state index is 12.0. The van der Waals surface area contributed by atoms with E-state index >= 15 is 0 Å². The minimum Gasteiger partial charge on any atom is -0.478 e. The van der Waals surface area contributed by atoms with Gasteiger partial charge in [0, 0.05) is 29.4 Å². The van der Waals surface area contributed by atoms with Gasteiger partial charge in [0.15, 0.2) is 0 Å². The van der Waals surface area contributed by atoms with Gasteiger partial charge in [-0.3, -0.25) is 9.59 Å². The van der Waals surface area contributed by atoms with E-state index in [4.69, 9.17) is 5.11 Å². The zero-order chi connectivity index (χ0) is 16.2. The Hall–Kier alpha value is -2.63. The van der Waals surface area contributed by atoms with E-state index in [-0.39, 0.29) is 17.1 Å². The van der Waals surface area contributed by atoms with Gasteiger partial charge in [0.1, 0.15) is 0 Å². The molecular weight excluding hydrogens is 272 g/mol. The Balaban J connectivity index is 2.99. The van der Waals surface area contributed by atoms with Gasteiger partial charge in [0.2, 0.25) is 5.91 Å². The Morgan fingerprint density at radius 3 is 2.14 bits per heavy atom. The number of rotatable bonds is 4. The lowest BCUT2D eigenvalue weighted by Crippen LogP contribution is -2.16. The van der Waals surface area contributed by atoms with Crippen molar-refractivity contribution in [3.63, 3.8) is 0 Å². The molecule has 0 heterocycles. The first-order valence-corrected chi connectivity index (χ1v) is 6.32. The van der Waals surface area contributed by atoms with Gasteiger partial charge < -0.3 is 15.7 Å². The van der Waals surface area contributed by atoms with E-state index in [0.717, 1.165) is 5.56 Å². The molecule has 0 saturated heterocycles. The van der Waals surface area contributed by atoms with E-state index < -0.39 is 11.9 Å². The summed E-state index contributed by atoms with van der Waals surface area (Å²) in [5, 5.41) is 14.1. The average Bonchev–Trinajstić information content (AvgIpc) is 2.40. The van der Waals surface area contributed by atoms with Crippen molar-refractivity contribution < 1.29 is 19.5 Å². The minimum absolute atomic E-state index is 0.0123. The van der Waals surface area contributed by atoms with Crippen molar-refractivity contribution in [1.29, 1.82) is 0 Å². The van der Waals surface area contributed by atoms with E-state index in [1.54, 1.807) is 18.2 Å². The Labute approximate surface area is 122 Å². The quantitative estimate of drug-likeness (QED) is 0.741. The highest BCUT2D eigenvalue weighted by Crippen LogP contribution is 2.21. The van der Waals surface area contributed by atoms with E-state index in [2.05, 4.69) is 10.6 Å². The number of aryl methyl sites for hydroxylation is 1. The lowest BCUT2D eigenvalue weighted by molar-refractivity contribution is -0.133. The lowest BCUT2D eigenvalue weighted by Gasteiger charge is -2.11. The summed E-state index contributed by atoms with van der Waals surface area (Å²) in [6.07, 6.45) is 0. The molecule has 2 amide bonds. The summed E-state index contributed by atoms with van der Waals surface area (Å²) in [5.41, 5.74) is 2.05. The van der Waals surface area contributed by atoms with Gasteiger partial charge in [0.25, 0.3) is 5.91 Å². The largest absolute Gasteiger partial charge is 0.478 e. The van der Waals surface area contributed by atoms with E-state index in [0.29, 0.717) is 11.4 Å². The zero-order valence-corrected chi connectivity index (χ0v) is 12.4. The Kier molecular flexibility index (Phi) is 5.24. The molecule has 0 spiro atoms. The van der Waals surface area contributed by atoms with Crippen molar-refractivity contribution in [3.05, 3.63) is 34.9 Å². The number of amides is 2. The van der Waals surface area contributed by atoms with Crippen LogP contribution in [-0.4, -0.2) is 22.9 Å². The minimum atomic E-state index is -1.13. The highest BCUT2D eigenvalue weighted by molar-refractivity contribution is 6.08. The molecule has 1 aromatic carbocycles. The number of hydrogen-bond donors (Lipinski definition) is 3. The predicted molar refractivity (Wildman–Crippen MR) is 80.1 cm³/mol. The fourth-order valence-corrected chi connectivity index (χ4v) is 1.58. The van der Waals surface area contributed by atoms with Crippen LogP contribution in [0.4, 0.5) is 11.4 Å². The normalized spacial score (nSPS) is 11.4. The van der Waals surface area contributed by atoms with Crippen molar-refractivity contribution in [2.24, 2.45) is 0 Å². The number of carboxylic acid groups (broad SMARTS) is 1. The standard InChI is InChI=1S/C15H18N2O4/c1-8-5-6-12(7-13(8)16-11(4)18)17-14(19)9(2)10(3)15(20)21/h5-7H,1-4H3,(H,16,18)(H,17,19)(H,20,21). The Bertz CT molecular complexity index is 633. The van der Waals surface area contributed by atoms with Crippen molar-refractivity contribution in [2.75, 3.05) is 10.6 Å². The van der Waals surface area contributed by atoms with Gasteiger partial charge in [-0.05, 0) is 38.5 Å². The Morgan fingerprint density at radius 2 is 1.62 bits per heavy atom. The number of carbonyl (C=O) groups excluding carboxylic acids is 2. The summed E-state index contributed by atoms with van der Waals surface area (Å²) in [7, 11) is 0. The molecule has 21 heavy (non-hydrogen) atoms. The fraction of sp³-hybridized carbons (Fsp3) is 0.267. The summed E-state index contributed by atoms with van der Waals surface area (Å²) in [5.74, 6) is -1.84. The first-order chi connectivity index (χ1) is 9.72. The third-order valence-corrected chi connectivity index (χ3v) is 3.03. The number of nitrogens with one attached hydrogen (secondary N) is 2. The molecule has 0 fully saturated rings. The third kappa shape index (κ3) is 4.45. The van der Waals surface area contributed by atoms with Crippen LogP contribution < -0.4 is 10.6 Å². The molecule has 0 unspecified atom stereocenters. The van der Waals surface area contributed by atoms with Crippen molar-refractivity contribution >= 4 is 29.2 Å². The second-order valence-electron chi connectivity index (χ2n) is 4.72. The average molecular weight is 290 g/mol. The second-order valence-corrected chi connectivity index (χ2v) is 4.72. The summed E-state index contributed by atoms with van der Waals surface area (Å²) in [6, 6.07) is 5.06. The molecule has 1 rings (SSSR count). The molecule has 3 N–H and O–H groups in total. The van der Waals surface area contributed by atoms with Crippen molar-refractivity contribution in [3.8, 4) is 0 Å². The number of carboxylic acids is 1. The molecule has 0 radical (unpaired) electrons. The molecule has 6 heteroatoms. The zero-order valence-electron chi connectivity index (χ0n) is 12.4. The summed E-state index contributed by atoms with van der Waals surface area (Å²) in [6.45, 7) is 6.04. The highest BCUT2D eigenvalue weighted by Gasteiger charge is 2.13. The summed E-state index contributed by atoms with van der Waals surface area (Å²) >= 11 is 0. The van der Waals surface area contributed by atoms with Crippen LogP contribution in [0.2, 0.25) is 0 Å². The first-order valence-electron chi connectivity index (χ1n) is 6.32. The number of hydrogen-bond acceptors (Lipinski definition) is 3. The van der Waals surface area contributed by atoms with E-state index in [1.807, 2.05) is 6.92 Å². The summed E-state index contributed by atoms with van der Waals surface area (Å²) < 4.78 is 0. The van der Waals surface area contributed by atoms with Crippen LogP contribution in [0.25, 0.3) is 0 Å². The van der Waals surface area contributed by atoms with Crippen LogP contribution in [0.1, 0.15) is 26.3 Å². The van der Waals surface area contributed by atoms with Gasteiger partial charge >= 0.3 is 5.97 Å². The predicted octanol–water partition coefficient (Wildman–Crippen LogP) is 2.31. The van der Waals surface area contributed by atoms with Gasteiger partial charge in [-0.15, -0.1) is 0 Å². The molecule has 0 saturated carbocycles. The summed E-state index contributed by atoms with van der Waals surface area (Å²) in [4.78, 5) is 33.9. The molecule has 0 aliphatic rings. The Morgan fingerprint density at radius 1 is 1.00 bits per heavy atom. The molecule has 0 aliphatic carbocycles. The SMILES string of the molecule is CC(=O)Nc1cc(NC(=O)C(C)=C(C)C(=O)O)ccc1C. The molecule has 112 valence electrons. The second kappa shape index (κ2) is 6.69. The number of benzene rings is 1. The van der Waals surface area contributed by atoms with Crippen LogP contribution in [0.15, 0.2) is 29.3 Å². The maximum absolute atomic E-state index is 12.0. The van der Waals surface area contributed by atoms with Gasteiger partial charge in [-0.1, -0.05) is 6.07 Å². The molecule has 0 bridgehead atoms. The van der Waals surface area contributed by atoms with Crippen LogP contribution in [0, 0.1) is 6.92 Å². The van der Waals surface area contributed by atoms with Gasteiger partial charge in [-0.25, -0.2) is 4.79 Å². The highest BCUT2D eigenvalue weighted by atomic mass is 16.4. The molecule has 6 nitrogen and oxygen atoms in total. The van der Waals surface area contributed by atoms with Crippen LogP contribution in [-0.2, 0) is 14.4 Å². The maximum Gasteiger partial charge on any atom is 0.331 e. The van der Waals surface area contributed by atoms with Crippen LogP contribution in [0.3, 0.4) is 0 Å². The van der Waals surface area contributed by atoms with E-state index in [1.165, 1.54) is 20.8 Å². The monoisotopic (exact) mass is 290 g/mol. The smallest absolute Gasteiger partial charge is 0.331 e. The van der Waals surface area contributed by atoms with Crippen LogP contribution in [0.5, 0.6) is 0 Å². The lowest BCUT2D eigenvalue weighted by atomic mass is 10.1. The van der Waals surface area contributed by atoms with Gasteiger partial charge in [-0.2, -0.15) is 0 Å². The van der Waals surface area contributed by atoms with E-state index in [9.17, 15) is 14.4 Å². The number of aliphatic carboxylic acids is 1. The molecule has 0 aliphatic heterocycles. The molecule has 0 aromatic heterocycles. The van der Waals surface area contributed by atoms with Gasteiger partial charge in [0.05, 0.1) is 0 Å². The third-order valence-electron chi connectivity index (χ3n) is 3.03. The fourth-order valence-electron chi connectivity index (χ4n) is 1.58. The van der Waals surface area contributed by atoms with Crippen molar-refractivity contribution in [2.45, 2.75) is 27.7 Å². The number of carbonyl (C=O) groups is 3. The molecule has 0 atom stereocenters. The first kappa shape index (κ1) is 16.4. The molecule has 1 aromatic rings.